The molecule has 0 saturated carbocycles. The van der Waals surface area contributed by atoms with Crippen LogP contribution in [0.5, 0.6) is 5.75 Å². The molecule has 0 aromatic heterocycles. The summed E-state index contributed by atoms with van der Waals surface area (Å²) in [7, 11) is 1.35. The molecule has 4 nitrogen and oxygen atoms in total. The molecule has 112 valence electrons. The summed E-state index contributed by atoms with van der Waals surface area (Å²) in [6.07, 6.45) is 0.0389. The van der Waals surface area contributed by atoms with Gasteiger partial charge in [-0.25, -0.2) is 4.39 Å². The lowest BCUT2D eigenvalue weighted by molar-refractivity contribution is -0.149. The number of methoxy groups -OCH3 is 1. The van der Waals surface area contributed by atoms with Gasteiger partial charge < -0.3 is 14.8 Å². The van der Waals surface area contributed by atoms with Crippen molar-refractivity contribution < 1.29 is 18.7 Å². The Bertz CT molecular complexity index is 452. The molecule has 0 saturated heterocycles. The Morgan fingerprint density at radius 1 is 1.45 bits per heavy atom. The minimum absolute atomic E-state index is 0.184. The number of likely N-dealkylation sites (N-methyl/N-ethyl adjacent to an activating group) is 1. The van der Waals surface area contributed by atoms with E-state index in [2.05, 4.69) is 5.32 Å². The molecule has 1 N–H and O–H groups in total. The quantitative estimate of drug-likeness (QED) is 0.781. The van der Waals surface area contributed by atoms with E-state index in [9.17, 15) is 9.18 Å². The summed E-state index contributed by atoms with van der Waals surface area (Å²) in [4.78, 5) is 11.9. The first-order valence-corrected chi connectivity index (χ1v) is 6.67. The summed E-state index contributed by atoms with van der Waals surface area (Å²) in [6, 6.07) is 6.21. The number of para-hydroxylation sites is 1. The Morgan fingerprint density at radius 2 is 2.10 bits per heavy atom. The zero-order chi connectivity index (χ0) is 15.2. The summed E-state index contributed by atoms with van der Waals surface area (Å²) in [5.41, 5.74) is -0.853. The Balaban J connectivity index is 2.74. The molecule has 1 aromatic carbocycles. The van der Waals surface area contributed by atoms with E-state index in [0.29, 0.717) is 13.0 Å². The van der Waals surface area contributed by atoms with Gasteiger partial charge in [0, 0.05) is 6.42 Å². The zero-order valence-corrected chi connectivity index (χ0v) is 12.4. The number of hydrogen-bond donors (Lipinski definition) is 1. The number of carbonyl (C=O) groups excluding carboxylic acids is 1. The highest BCUT2D eigenvalue weighted by Crippen LogP contribution is 2.21. The lowest BCUT2D eigenvalue weighted by Crippen LogP contribution is -2.52. The topological polar surface area (TPSA) is 47.6 Å². The molecule has 1 aromatic rings. The molecule has 2 atom stereocenters. The van der Waals surface area contributed by atoms with E-state index in [4.69, 9.17) is 9.47 Å². The van der Waals surface area contributed by atoms with E-state index in [1.54, 1.807) is 32.0 Å². The van der Waals surface area contributed by atoms with Crippen molar-refractivity contribution in [1.29, 1.82) is 0 Å². The van der Waals surface area contributed by atoms with Crippen LogP contribution in [0.4, 0.5) is 4.39 Å². The van der Waals surface area contributed by atoms with Crippen molar-refractivity contribution in [1.82, 2.24) is 5.32 Å². The van der Waals surface area contributed by atoms with Gasteiger partial charge >= 0.3 is 5.97 Å². The number of rotatable bonds is 7. The van der Waals surface area contributed by atoms with Crippen molar-refractivity contribution in [3.8, 4) is 5.75 Å². The van der Waals surface area contributed by atoms with Crippen LogP contribution in [0, 0.1) is 5.82 Å². The fourth-order valence-electron chi connectivity index (χ4n) is 2.22. The van der Waals surface area contributed by atoms with Crippen LogP contribution in [0.3, 0.4) is 0 Å². The average Bonchev–Trinajstić information content (AvgIpc) is 2.40. The maximum Gasteiger partial charge on any atom is 0.325 e. The third kappa shape index (κ3) is 4.20. The fraction of sp³-hybridized carbons (Fsp3) is 0.533. The summed E-state index contributed by atoms with van der Waals surface area (Å²) in [5.74, 6) is -0.588. The molecule has 2 unspecified atom stereocenters. The molecule has 0 spiro atoms. The van der Waals surface area contributed by atoms with Gasteiger partial charge in [-0.1, -0.05) is 19.1 Å². The smallest absolute Gasteiger partial charge is 0.325 e. The minimum atomic E-state index is -0.853. The van der Waals surface area contributed by atoms with E-state index >= 15 is 0 Å². The van der Waals surface area contributed by atoms with Gasteiger partial charge in [-0.3, -0.25) is 4.79 Å². The van der Waals surface area contributed by atoms with Crippen molar-refractivity contribution in [3.63, 3.8) is 0 Å². The van der Waals surface area contributed by atoms with Gasteiger partial charge in [0.25, 0.3) is 0 Å². The van der Waals surface area contributed by atoms with E-state index in [0.717, 1.165) is 0 Å². The second kappa shape index (κ2) is 7.24. The summed E-state index contributed by atoms with van der Waals surface area (Å²) < 4.78 is 23.9. The van der Waals surface area contributed by atoms with Crippen LogP contribution < -0.4 is 10.1 Å². The highest BCUT2D eigenvalue weighted by molar-refractivity contribution is 5.80. The monoisotopic (exact) mass is 283 g/mol. The number of hydrogen-bond acceptors (Lipinski definition) is 4. The Labute approximate surface area is 119 Å². The molecule has 0 aliphatic carbocycles. The first kappa shape index (κ1) is 16.4. The summed E-state index contributed by atoms with van der Waals surface area (Å²) in [6.45, 7) is 6.08. The van der Waals surface area contributed by atoms with E-state index in [1.165, 1.54) is 13.2 Å². The third-order valence-corrected chi connectivity index (χ3v) is 3.06. The molecule has 1 rings (SSSR count). The molecule has 20 heavy (non-hydrogen) atoms. The highest BCUT2D eigenvalue weighted by atomic mass is 19.1. The molecule has 0 heterocycles. The Kier molecular flexibility index (Phi) is 5.95. The zero-order valence-electron chi connectivity index (χ0n) is 12.4. The highest BCUT2D eigenvalue weighted by Gasteiger charge is 2.35. The molecule has 0 radical (unpaired) electrons. The molecule has 0 aliphatic heterocycles. The largest absolute Gasteiger partial charge is 0.488 e. The van der Waals surface area contributed by atoms with Gasteiger partial charge in [-0.2, -0.15) is 0 Å². The number of halogens is 1. The number of ether oxygens (including phenoxy) is 2. The van der Waals surface area contributed by atoms with Gasteiger partial charge in [0.15, 0.2) is 11.6 Å². The lowest BCUT2D eigenvalue weighted by Gasteiger charge is -2.30. The van der Waals surface area contributed by atoms with E-state index in [-0.39, 0.29) is 17.8 Å². The van der Waals surface area contributed by atoms with Crippen LogP contribution in [0.1, 0.15) is 27.2 Å². The van der Waals surface area contributed by atoms with Crippen molar-refractivity contribution in [2.75, 3.05) is 13.7 Å². The summed E-state index contributed by atoms with van der Waals surface area (Å²) in [5, 5.41) is 3.09. The van der Waals surface area contributed by atoms with Crippen molar-refractivity contribution in [2.45, 2.75) is 38.8 Å². The van der Waals surface area contributed by atoms with Crippen LogP contribution in [-0.4, -0.2) is 31.3 Å². The lowest BCUT2D eigenvalue weighted by atomic mass is 9.94. The number of carbonyl (C=O) groups is 1. The van der Waals surface area contributed by atoms with Crippen LogP contribution >= 0.6 is 0 Å². The standard InChI is InChI=1S/C15H22FNO3/c1-5-17-15(3,14(18)19-4)10-11(2)20-13-9-7-6-8-12(13)16/h6-9,11,17H,5,10H2,1-4H3. The van der Waals surface area contributed by atoms with Crippen molar-refractivity contribution in [2.24, 2.45) is 0 Å². The van der Waals surface area contributed by atoms with Crippen molar-refractivity contribution in [3.05, 3.63) is 30.1 Å². The predicted molar refractivity (Wildman–Crippen MR) is 75.2 cm³/mol. The van der Waals surface area contributed by atoms with Gasteiger partial charge in [0.2, 0.25) is 0 Å². The van der Waals surface area contributed by atoms with Gasteiger partial charge in [-0.15, -0.1) is 0 Å². The number of nitrogens with one attached hydrogen (secondary N) is 1. The number of esters is 1. The van der Waals surface area contributed by atoms with E-state index in [1.807, 2.05) is 6.92 Å². The SMILES string of the molecule is CCNC(C)(CC(C)Oc1ccccc1F)C(=O)OC. The van der Waals surface area contributed by atoms with Crippen LogP contribution in [0.25, 0.3) is 0 Å². The maximum absolute atomic E-state index is 13.5. The Hall–Kier alpha value is -1.62. The molecular weight excluding hydrogens is 261 g/mol. The normalized spacial score (nSPS) is 15.2. The predicted octanol–water partition coefficient (Wildman–Crippen LogP) is 2.52. The third-order valence-electron chi connectivity index (χ3n) is 3.06. The van der Waals surface area contributed by atoms with Gasteiger partial charge in [0.1, 0.15) is 5.54 Å². The molecule has 0 aliphatic rings. The van der Waals surface area contributed by atoms with Crippen LogP contribution in [0.15, 0.2) is 24.3 Å². The van der Waals surface area contributed by atoms with E-state index < -0.39 is 11.4 Å². The first-order chi connectivity index (χ1) is 9.42. The van der Waals surface area contributed by atoms with Gasteiger partial charge in [-0.05, 0) is 32.5 Å². The van der Waals surface area contributed by atoms with Crippen LogP contribution in [0.2, 0.25) is 0 Å². The molecular formula is C15H22FNO3. The fourth-order valence-corrected chi connectivity index (χ4v) is 2.22. The molecule has 0 fully saturated rings. The average molecular weight is 283 g/mol. The second-order valence-corrected chi connectivity index (χ2v) is 4.92. The first-order valence-electron chi connectivity index (χ1n) is 6.67. The maximum atomic E-state index is 13.5. The van der Waals surface area contributed by atoms with Crippen LogP contribution in [-0.2, 0) is 9.53 Å². The van der Waals surface area contributed by atoms with Crippen molar-refractivity contribution >= 4 is 5.97 Å². The Morgan fingerprint density at radius 3 is 2.65 bits per heavy atom. The second-order valence-electron chi connectivity index (χ2n) is 4.92. The molecule has 0 bridgehead atoms. The molecule has 5 heteroatoms. The number of benzene rings is 1. The minimum Gasteiger partial charge on any atom is -0.488 e. The van der Waals surface area contributed by atoms with Gasteiger partial charge in [0.05, 0.1) is 13.2 Å². The summed E-state index contributed by atoms with van der Waals surface area (Å²) >= 11 is 0. The molecule has 0 amide bonds.